The van der Waals surface area contributed by atoms with Crippen molar-refractivity contribution < 1.29 is 13.2 Å². The van der Waals surface area contributed by atoms with Crippen LogP contribution in [0.4, 0.5) is 0 Å². The topological polar surface area (TPSA) is 67.2 Å². The number of sulfone groups is 1. The minimum absolute atomic E-state index is 0.0926. The Balaban J connectivity index is 1.83. The van der Waals surface area contributed by atoms with E-state index in [1.165, 1.54) is 29.3 Å². The van der Waals surface area contributed by atoms with E-state index in [0.29, 0.717) is 17.9 Å². The van der Waals surface area contributed by atoms with Crippen molar-refractivity contribution in [2.24, 2.45) is 0 Å². The molecule has 0 bridgehead atoms. The number of ether oxygens (including phenoxy) is 1. The molecule has 0 aliphatic rings. The van der Waals surface area contributed by atoms with Gasteiger partial charge < -0.3 is 4.74 Å². The van der Waals surface area contributed by atoms with Gasteiger partial charge in [0, 0.05) is 0 Å². The summed E-state index contributed by atoms with van der Waals surface area (Å²) < 4.78 is 31.3. The van der Waals surface area contributed by atoms with Gasteiger partial charge in [-0.3, -0.25) is 0 Å². The molecule has 3 rings (SSSR count). The van der Waals surface area contributed by atoms with E-state index < -0.39 is 9.84 Å². The van der Waals surface area contributed by atoms with E-state index in [-0.39, 0.29) is 9.80 Å². The van der Waals surface area contributed by atoms with Crippen molar-refractivity contribution in [1.29, 1.82) is 5.26 Å². The molecule has 0 heterocycles. The number of nitrogens with zero attached hydrogens (tertiary/aromatic N) is 1. The second kappa shape index (κ2) is 8.76. The summed E-state index contributed by atoms with van der Waals surface area (Å²) in [6, 6.07) is 23.0. The van der Waals surface area contributed by atoms with Gasteiger partial charge in [0.25, 0.3) is 0 Å². The molecule has 0 amide bonds. The smallest absolute Gasteiger partial charge is 0.216 e. The molecule has 0 fully saturated rings. The maximum absolute atomic E-state index is 12.7. The van der Waals surface area contributed by atoms with Crippen molar-refractivity contribution in [3.63, 3.8) is 0 Å². The summed E-state index contributed by atoms with van der Waals surface area (Å²) in [5.74, 6) is 0.604. The van der Waals surface area contributed by atoms with Crippen molar-refractivity contribution in [3.05, 3.63) is 100.0 Å². The summed E-state index contributed by atoms with van der Waals surface area (Å²) in [6.07, 6.45) is 1.37. The average molecular weight is 404 g/mol. The zero-order valence-electron chi connectivity index (χ0n) is 16.3. The fraction of sp³-hybridized carbons (Fsp3) is 0.125. The normalized spacial score (nSPS) is 11.7. The number of hydrogen-bond acceptors (Lipinski definition) is 4. The molecule has 0 aliphatic heterocycles. The minimum atomic E-state index is -3.87. The van der Waals surface area contributed by atoms with Crippen molar-refractivity contribution in [2.75, 3.05) is 0 Å². The zero-order chi connectivity index (χ0) is 20.9. The standard InChI is InChI=1S/C24H21NO3S/c1-18-11-19(2)13-21(12-18)17-28-22-8-6-7-20(14-22)15-24(16-25)29(26,27)23-9-4-3-5-10-23/h3-15H,17H2,1-2H3. The van der Waals surface area contributed by atoms with Gasteiger partial charge in [-0.15, -0.1) is 0 Å². The lowest BCUT2D eigenvalue weighted by atomic mass is 10.1. The van der Waals surface area contributed by atoms with Crippen LogP contribution in [0.5, 0.6) is 5.75 Å². The zero-order valence-corrected chi connectivity index (χ0v) is 17.1. The Morgan fingerprint density at radius 3 is 2.31 bits per heavy atom. The van der Waals surface area contributed by atoms with Gasteiger partial charge >= 0.3 is 0 Å². The quantitative estimate of drug-likeness (QED) is 0.529. The van der Waals surface area contributed by atoms with Crippen LogP contribution in [0.3, 0.4) is 0 Å². The van der Waals surface area contributed by atoms with Crippen molar-refractivity contribution >= 4 is 15.9 Å². The fourth-order valence-corrected chi connectivity index (χ4v) is 4.24. The Bertz CT molecular complexity index is 1170. The van der Waals surface area contributed by atoms with Gasteiger partial charge in [0.1, 0.15) is 23.3 Å². The maximum atomic E-state index is 12.7. The number of hydrogen-bond donors (Lipinski definition) is 0. The Morgan fingerprint density at radius 2 is 1.66 bits per heavy atom. The van der Waals surface area contributed by atoms with Gasteiger partial charge in [-0.1, -0.05) is 59.7 Å². The lowest BCUT2D eigenvalue weighted by Crippen LogP contribution is -2.03. The summed E-state index contributed by atoms with van der Waals surface area (Å²) in [5.41, 5.74) is 3.99. The fourth-order valence-electron chi connectivity index (χ4n) is 3.06. The Hall–Kier alpha value is -3.36. The highest BCUT2D eigenvalue weighted by molar-refractivity contribution is 7.95. The third-order valence-electron chi connectivity index (χ3n) is 4.30. The Morgan fingerprint density at radius 1 is 0.966 bits per heavy atom. The SMILES string of the molecule is Cc1cc(C)cc(COc2cccc(C=C(C#N)S(=O)(=O)c3ccccc3)c2)c1. The molecule has 0 spiro atoms. The molecule has 0 saturated heterocycles. The number of aryl methyl sites for hydroxylation is 2. The summed E-state index contributed by atoms with van der Waals surface area (Å²) in [5, 5.41) is 9.43. The first-order chi connectivity index (χ1) is 13.9. The summed E-state index contributed by atoms with van der Waals surface area (Å²) in [4.78, 5) is -0.217. The molecule has 146 valence electrons. The molecule has 5 heteroatoms. The van der Waals surface area contributed by atoms with E-state index in [9.17, 15) is 13.7 Å². The Labute approximate surface area is 171 Å². The monoisotopic (exact) mass is 403 g/mol. The molecule has 0 atom stereocenters. The van der Waals surface area contributed by atoms with Crippen LogP contribution >= 0.6 is 0 Å². The highest BCUT2D eigenvalue weighted by Crippen LogP contribution is 2.23. The first-order valence-corrected chi connectivity index (χ1v) is 10.6. The molecule has 0 aromatic heterocycles. The van der Waals surface area contributed by atoms with Crippen LogP contribution in [0.15, 0.2) is 82.6 Å². The minimum Gasteiger partial charge on any atom is -0.489 e. The van der Waals surface area contributed by atoms with E-state index in [0.717, 1.165) is 5.56 Å². The van der Waals surface area contributed by atoms with E-state index in [4.69, 9.17) is 4.74 Å². The predicted molar refractivity (Wildman–Crippen MR) is 114 cm³/mol. The third-order valence-corrected chi connectivity index (χ3v) is 5.98. The van der Waals surface area contributed by atoms with Crippen LogP contribution in [0, 0.1) is 25.2 Å². The first kappa shape index (κ1) is 20.4. The van der Waals surface area contributed by atoms with Crippen LogP contribution in [0.25, 0.3) is 6.08 Å². The summed E-state index contributed by atoms with van der Waals surface area (Å²) >= 11 is 0. The average Bonchev–Trinajstić information content (AvgIpc) is 2.70. The molecule has 4 nitrogen and oxygen atoms in total. The third kappa shape index (κ3) is 5.13. The number of benzene rings is 3. The highest BCUT2D eigenvalue weighted by Gasteiger charge is 2.20. The molecule has 3 aromatic carbocycles. The van der Waals surface area contributed by atoms with E-state index in [1.807, 2.05) is 19.9 Å². The molecule has 0 radical (unpaired) electrons. The van der Waals surface area contributed by atoms with Gasteiger partial charge in [0.05, 0.1) is 4.90 Å². The molecule has 0 N–H and O–H groups in total. The molecule has 0 unspecified atom stereocenters. The van der Waals surface area contributed by atoms with Crippen LogP contribution in [-0.2, 0) is 16.4 Å². The lowest BCUT2D eigenvalue weighted by Gasteiger charge is -2.09. The molecule has 29 heavy (non-hydrogen) atoms. The van der Waals surface area contributed by atoms with Gasteiger partial charge in [-0.25, -0.2) is 8.42 Å². The predicted octanol–water partition coefficient (Wildman–Crippen LogP) is 5.22. The van der Waals surface area contributed by atoms with Crippen LogP contribution in [0.2, 0.25) is 0 Å². The second-order valence-electron chi connectivity index (χ2n) is 6.79. The molecule has 3 aromatic rings. The summed E-state index contributed by atoms with van der Waals surface area (Å²) in [7, 11) is -3.87. The van der Waals surface area contributed by atoms with Crippen molar-refractivity contribution in [3.8, 4) is 11.8 Å². The van der Waals surface area contributed by atoms with E-state index in [2.05, 4.69) is 18.2 Å². The largest absolute Gasteiger partial charge is 0.489 e. The molecular formula is C24H21NO3S. The molecule has 0 aliphatic carbocycles. The van der Waals surface area contributed by atoms with Gasteiger partial charge in [0.2, 0.25) is 9.84 Å². The van der Waals surface area contributed by atoms with Crippen LogP contribution in [-0.4, -0.2) is 8.42 Å². The van der Waals surface area contributed by atoms with Crippen LogP contribution in [0.1, 0.15) is 22.3 Å². The number of rotatable bonds is 6. The molecule has 0 saturated carbocycles. The van der Waals surface area contributed by atoms with E-state index >= 15 is 0 Å². The highest BCUT2D eigenvalue weighted by atomic mass is 32.2. The molecular weight excluding hydrogens is 382 g/mol. The van der Waals surface area contributed by atoms with Crippen molar-refractivity contribution in [1.82, 2.24) is 0 Å². The first-order valence-electron chi connectivity index (χ1n) is 9.10. The van der Waals surface area contributed by atoms with Gasteiger partial charge in [-0.2, -0.15) is 5.26 Å². The number of nitriles is 1. The maximum Gasteiger partial charge on any atom is 0.216 e. The van der Waals surface area contributed by atoms with Gasteiger partial charge in [0.15, 0.2) is 0 Å². The second-order valence-corrected chi connectivity index (χ2v) is 8.71. The van der Waals surface area contributed by atoms with Gasteiger partial charge in [-0.05, 0) is 55.3 Å². The van der Waals surface area contributed by atoms with Crippen molar-refractivity contribution in [2.45, 2.75) is 25.3 Å². The number of allylic oxidation sites excluding steroid dienone is 1. The van der Waals surface area contributed by atoms with Crippen LogP contribution < -0.4 is 4.74 Å². The lowest BCUT2D eigenvalue weighted by molar-refractivity contribution is 0.306. The van der Waals surface area contributed by atoms with E-state index in [1.54, 1.807) is 42.5 Å². The summed E-state index contributed by atoms with van der Waals surface area (Å²) in [6.45, 7) is 4.49. The Kier molecular flexibility index (Phi) is 6.16.